The molecular formula is C13H17ClN4. The largest absolute Gasteiger partial charge is 0.324 e. The summed E-state index contributed by atoms with van der Waals surface area (Å²) in [5.74, 6) is 2.28. The Morgan fingerprint density at radius 3 is 2.28 bits per heavy atom. The smallest absolute Gasteiger partial charge is 0.152 e. The van der Waals surface area contributed by atoms with Gasteiger partial charge in [-0.3, -0.25) is 4.57 Å². The third-order valence-corrected chi connectivity index (χ3v) is 3.16. The topological polar surface area (TPSA) is 56.7 Å². The van der Waals surface area contributed by atoms with Gasteiger partial charge >= 0.3 is 0 Å². The fraction of sp³-hybridized carbons (Fsp3) is 0.385. The van der Waals surface area contributed by atoms with E-state index in [9.17, 15) is 0 Å². The third-order valence-electron chi connectivity index (χ3n) is 2.92. The van der Waals surface area contributed by atoms with Crippen molar-refractivity contribution >= 4 is 11.6 Å². The molecule has 0 aliphatic rings. The summed E-state index contributed by atoms with van der Waals surface area (Å²) in [6, 6.07) is 8.32. The number of rotatable bonds is 4. The maximum absolute atomic E-state index is 5.87. The minimum Gasteiger partial charge on any atom is -0.324 e. The number of hydrogen-bond donors (Lipinski definition) is 1. The van der Waals surface area contributed by atoms with Crippen LogP contribution in [0.4, 0.5) is 0 Å². The van der Waals surface area contributed by atoms with Crippen molar-refractivity contribution in [1.82, 2.24) is 14.8 Å². The summed E-state index contributed by atoms with van der Waals surface area (Å²) in [6.07, 6.45) is 0. The molecule has 2 aromatic rings. The van der Waals surface area contributed by atoms with E-state index in [4.69, 9.17) is 17.3 Å². The fourth-order valence-corrected chi connectivity index (χ4v) is 2.05. The highest BCUT2D eigenvalue weighted by Crippen LogP contribution is 2.19. The lowest BCUT2D eigenvalue weighted by Crippen LogP contribution is -2.08. The zero-order valence-corrected chi connectivity index (χ0v) is 11.4. The third kappa shape index (κ3) is 2.40. The van der Waals surface area contributed by atoms with Crippen molar-refractivity contribution in [2.75, 3.05) is 0 Å². The molecule has 1 aromatic heterocycles. The molecule has 96 valence electrons. The molecule has 0 aliphatic carbocycles. The molecule has 0 amide bonds. The Morgan fingerprint density at radius 2 is 1.78 bits per heavy atom. The van der Waals surface area contributed by atoms with E-state index in [1.165, 1.54) is 5.56 Å². The highest BCUT2D eigenvalue weighted by atomic mass is 35.5. The van der Waals surface area contributed by atoms with E-state index in [0.29, 0.717) is 18.3 Å². The van der Waals surface area contributed by atoms with Gasteiger partial charge in [-0.05, 0) is 23.6 Å². The number of hydrogen-bond acceptors (Lipinski definition) is 3. The van der Waals surface area contributed by atoms with E-state index in [-0.39, 0.29) is 0 Å². The Balaban J connectivity index is 2.44. The molecule has 4 nitrogen and oxygen atoms in total. The molecule has 0 spiro atoms. The van der Waals surface area contributed by atoms with E-state index in [2.05, 4.69) is 36.2 Å². The zero-order chi connectivity index (χ0) is 13.1. The maximum atomic E-state index is 5.87. The van der Waals surface area contributed by atoms with Crippen molar-refractivity contribution in [3.63, 3.8) is 0 Å². The van der Waals surface area contributed by atoms with Crippen LogP contribution in [0, 0.1) is 0 Å². The van der Waals surface area contributed by atoms with Gasteiger partial charge in [0.25, 0.3) is 0 Å². The quantitative estimate of drug-likeness (QED) is 0.864. The van der Waals surface area contributed by atoms with Crippen molar-refractivity contribution in [2.24, 2.45) is 5.73 Å². The van der Waals surface area contributed by atoms with Crippen molar-refractivity contribution < 1.29 is 0 Å². The van der Waals surface area contributed by atoms with Gasteiger partial charge in [-0.25, -0.2) is 0 Å². The number of alkyl halides is 1. The average molecular weight is 265 g/mol. The Morgan fingerprint density at radius 1 is 1.17 bits per heavy atom. The SMILES string of the molecule is CC(C)c1ccc(-n2c(CN)nnc2CCl)cc1. The second kappa shape index (κ2) is 5.50. The van der Waals surface area contributed by atoms with Crippen LogP contribution in [-0.4, -0.2) is 14.8 Å². The highest BCUT2D eigenvalue weighted by molar-refractivity contribution is 6.16. The number of nitrogens with two attached hydrogens (primary N) is 1. The first-order valence-corrected chi connectivity index (χ1v) is 6.50. The standard InChI is InChI=1S/C13H17ClN4/c1-9(2)10-3-5-11(6-4-10)18-12(7-14)16-17-13(18)8-15/h3-6,9H,7-8,15H2,1-2H3. The van der Waals surface area contributed by atoms with Crippen LogP contribution in [0.25, 0.3) is 5.69 Å². The molecule has 0 radical (unpaired) electrons. The van der Waals surface area contributed by atoms with Gasteiger partial charge in [0, 0.05) is 5.69 Å². The Bertz CT molecular complexity index is 495. The summed E-state index contributed by atoms with van der Waals surface area (Å²) >= 11 is 5.87. The molecular weight excluding hydrogens is 248 g/mol. The molecule has 0 atom stereocenters. The van der Waals surface area contributed by atoms with Crippen LogP contribution < -0.4 is 5.73 Å². The summed E-state index contributed by atoms with van der Waals surface area (Å²) in [5.41, 5.74) is 7.97. The number of nitrogens with zero attached hydrogens (tertiary/aromatic N) is 3. The summed E-state index contributed by atoms with van der Waals surface area (Å²) < 4.78 is 1.91. The van der Waals surface area contributed by atoms with Gasteiger partial charge in [-0.2, -0.15) is 0 Å². The van der Waals surface area contributed by atoms with Gasteiger partial charge in [0.05, 0.1) is 12.4 Å². The van der Waals surface area contributed by atoms with E-state index in [0.717, 1.165) is 17.3 Å². The van der Waals surface area contributed by atoms with Crippen molar-refractivity contribution in [2.45, 2.75) is 32.2 Å². The second-order valence-corrected chi connectivity index (χ2v) is 4.72. The highest BCUT2D eigenvalue weighted by Gasteiger charge is 2.11. The van der Waals surface area contributed by atoms with E-state index < -0.39 is 0 Å². The van der Waals surface area contributed by atoms with Crippen LogP contribution in [0.15, 0.2) is 24.3 Å². The van der Waals surface area contributed by atoms with Crippen LogP contribution in [0.5, 0.6) is 0 Å². The van der Waals surface area contributed by atoms with E-state index in [1.807, 2.05) is 16.7 Å². The van der Waals surface area contributed by atoms with Crippen LogP contribution in [0.3, 0.4) is 0 Å². The summed E-state index contributed by atoms with van der Waals surface area (Å²) in [6.45, 7) is 4.68. The zero-order valence-electron chi connectivity index (χ0n) is 10.6. The van der Waals surface area contributed by atoms with Gasteiger partial charge < -0.3 is 5.73 Å². The molecule has 1 heterocycles. The Labute approximate surface area is 112 Å². The van der Waals surface area contributed by atoms with Crippen molar-refractivity contribution in [3.8, 4) is 5.69 Å². The summed E-state index contributed by atoms with van der Waals surface area (Å²) in [4.78, 5) is 0. The summed E-state index contributed by atoms with van der Waals surface area (Å²) in [5, 5.41) is 8.08. The molecule has 18 heavy (non-hydrogen) atoms. The maximum Gasteiger partial charge on any atom is 0.152 e. The molecule has 1 aromatic carbocycles. The van der Waals surface area contributed by atoms with Gasteiger partial charge in [0.2, 0.25) is 0 Å². The molecule has 0 saturated carbocycles. The Kier molecular flexibility index (Phi) is 3.99. The lowest BCUT2D eigenvalue weighted by Gasteiger charge is -2.10. The second-order valence-electron chi connectivity index (χ2n) is 4.45. The van der Waals surface area contributed by atoms with Crippen LogP contribution in [0.1, 0.15) is 37.0 Å². The van der Waals surface area contributed by atoms with Gasteiger partial charge in [-0.1, -0.05) is 26.0 Å². The number of benzene rings is 1. The lowest BCUT2D eigenvalue weighted by atomic mass is 10.0. The fourth-order valence-electron chi connectivity index (χ4n) is 1.88. The van der Waals surface area contributed by atoms with Gasteiger partial charge in [-0.15, -0.1) is 21.8 Å². The van der Waals surface area contributed by atoms with E-state index >= 15 is 0 Å². The van der Waals surface area contributed by atoms with Crippen LogP contribution in [-0.2, 0) is 12.4 Å². The van der Waals surface area contributed by atoms with Crippen molar-refractivity contribution in [3.05, 3.63) is 41.5 Å². The average Bonchev–Trinajstić information content (AvgIpc) is 2.81. The molecule has 0 unspecified atom stereocenters. The first kappa shape index (κ1) is 13.1. The molecule has 0 saturated heterocycles. The normalized spacial score (nSPS) is 11.2. The molecule has 5 heteroatoms. The Hall–Kier alpha value is -1.39. The molecule has 2 N–H and O–H groups in total. The van der Waals surface area contributed by atoms with Gasteiger partial charge in [0.15, 0.2) is 11.6 Å². The number of aromatic nitrogens is 3. The lowest BCUT2D eigenvalue weighted by molar-refractivity contribution is 0.840. The molecule has 0 fully saturated rings. The first-order valence-electron chi connectivity index (χ1n) is 5.97. The molecule has 2 rings (SSSR count). The minimum atomic E-state index is 0.318. The van der Waals surface area contributed by atoms with Crippen molar-refractivity contribution in [1.29, 1.82) is 0 Å². The molecule has 0 aliphatic heterocycles. The van der Waals surface area contributed by atoms with E-state index in [1.54, 1.807) is 0 Å². The van der Waals surface area contributed by atoms with Crippen LogP contribution >= 0.6 is 11.6 Å². The monoisotopic (exact) mass is 264 g/mol. The predicted octanol–water partition coefficient (Wildman–Crippen LogP) is 2.59. The van der Waals surface area contributed by atoms with Crippen LogP contribution in [0.2, 0.25) is 0 Å². The molecule has 0 bridgehead atoms. The summed E-state index contributed by atoms with van der Waals surface area (Å²) in [7, 11) is 0. The minimum absolute atomic E-state index is 0.318. The predicted molar refractivity (Wildman–Crippen MR) is 72.9 cm³/mol. The van der Waals surface area contributed by atoms with Gasteiger partial charge in [0.1, 0.15) is 0 Å². The number of halogens is 1. The first-order chi connectivity index (χ1) is 8.67.